The molecule has 3 heterocycles. The molecule has 1 saturated carbocycles. The van der Waals surface area contributed by atoms with Crippen LogP contribution in [0.4, 0.5) is 5.69 Å². The Balaban J connectivity index is 1.13. The summed E-state index contributed by atoms with van der Waals surface area (Å²) in [6, 6.07) is 22.1. The molecular weight excluding hydrogens is 522 g/mol. The third-order valence-electron chi connectivity index (χ3n) is 10.0. The molecule has 1 spiro atoms. The third kappa shape index (κ3) is 5.90. The van der Waals surface area contributed by atoms with E-state index in [-0.39, 0.29) is 5.91 Å². The van der Waals surface area contributed by atoms with Crippen LogP contribution in [-0.4, -0.2) is 66.6 Å². The normalized spacial score (nSPS) is 21.4. The summed E-state index contributed by atoms with van der Waals surface area (Å²) in [5, 5.41) is 0. The van der Waals surface area contributed by atoms with Gasteiger partial charge in [-0.2, -0.15) is 0 Å². The maximum absolute atomic E-state index is 11.5. The van der Waals surface area contributed by atoms with Crippen molar-refractivity contribution in [3.05, 3.63) is 89.1 Å². The molecule has 7 nitrogen and oxygen atoms in total. The summed E-state index contributed by atoms with van der Waals surface area (Å²) in [6.07, 6.45) is 7.02. The summed E-state index contributed by atoms with van der Waals surface area (Å²) >= 11 is 0. The molecule has 1 aromatic heterocycles. The lowest BCUT2D eigenvalue weighted by molar-refractivity contribution is -0.0628. The van der Waals surface area contributed by atoms with E-state index in [0.29, 0.717) is 34.9 Å². The first-order valence-electron chi connectivity index (χ1n) is 15.5. The molecule has 2 aliphatic heterocycles. The highest BCUT2D eigenvalue weighted by Gasteiger charge is 2.50. The second-order valence-corrected chi connectivity index (χ2v) is 12.9. The first kappa shape index (κ1) is 28.7. The van der Waals surface area contributed by atoms with Gasteiger partial charge in [-0.1, -0.05) is 44.2 Å². The molecule has 7 heteroatoms. The first-order chi connectivity index (χ1) is 20.3. The minimum Gasteiger partial charge on any atom is -0.481 e. The Hall–Kier alpha value is -3.42. The van der Waals surface area contributed by atoms with E-state index in [1.807, 2.05) is 36.5 Å². The lowest BCUT2D eigenvalue weighted by Crippen LogP contribution is -2.60. The predicted molar refractivity (Wildman–Crippen MR) is 168 cm³/mol. The number of primary amides is 1. The van der Waals surface area contributed by atoms with Crippen LogP contribution in [0, 0.1) is 5.41 Å². The first-order valence-corrected chi connectivity index (χ1v) is 15.5. The van der Waals surface area contributed by atoms with Crippen LogP contribution in [0.1, 0.15) is 78.5 Å². The zero-order chi connectivity index (χ0) is 29.3. The van der Waals surface area contributed by atoms with Crippen molar-refractivity contribution in [2.75, 3.05) is 44.7 Å². The molecule has 222 valence electrons. The minimum absolute atomic E-state index is 0.368. The summed E-state index contributed by atoms with van der Waals surface area (Å²) in [4.78, 5) is 23.8. The van der Waals surface area contributed by atoms with Gasteiger partial charge in [0.1, 0.15) is 0 Å². The number of carbonyl (C=O) groups is 1. The molecule has 2 aromatic carbocycles. The van der Waals surface area contributed by atoms with E-state index in [2.05, 4.69) is 63.9 Å². The van der Waals surface area contributed by atoms with E-state index < -0.39 is 0 Å². The largest absolute Gasteiger partial charge is 0.481 e. The van der Waals surface area contributed by atoms with Gasteiger partial charge < -0.3 is 15.4 Å². The number of carbonyl (C=O) groups excluding carboxylic acids is 1. The molecule has 6 rings (SSSR count). The second kappa shape index (κ2) is 12.1. The van der Waals surface area contributed by atoms with Crippen LogP contribution in [-0.2, 0) is 6.54 Å². The van der Waals surface area contributed by atoms with Crippen LogP contribution in [0.15, 0.2) is 66.9 Å². The number of piperidine rings is 1. The number of hydrogen-bond acceptors (Lipinski definition) is 6. The van der Waals surface area contributed by atoms with Gasteiger partial charge in [0.05, 0.1) is 7.11 Å². The Kier molecular flexibility index (Phi) is 8.24. The number of methoxy groups -OCH3 is 1. The molecule has 1 aliphatic carbocycles. The quantitative estimate of drug-likeness (QED) is 0.381. The van der Waals surface area contributed by atoms with Crippen LogP contribution in [0.5, 0.6) is 5.88 Å². The fraction of sp³-hybridized carbons (Fsp3) is 0.486. The zero-order valence-electron chi connectivity index (χ0n) is 25.3. The van der Waals surface area contributed by atoms with Gasteiger partial charge in [-0.3, -0.25) is 14.6 Å². The number of hydrogen-bond donors (Lipinski definition) is 1. The second-order valence-electron chi connectivity index (χ2n) is 12.9. The summed E-state index contributed by atoms with van der Waals surface area (Å²) in [5.41, 5.74) is 11.9. The predicted octanol–water partition coefficient (Wildman–Crippen LogP) is 5.62. The van der Waals surface area contributed by atoms with Crippen molar-refractivity contribution in [3.63, 3.8) is 0 Å². The Morgan fingerprint density at radius 3 is 2.38 bits per heavy atom. The molecule has 1 atom stereocenters. The third-order valence-corrected chi connectivity index (χ3v) is 10.0. The minimum atomic E-state index is -0.368. The average Bonchev–Trinajstić information content (AvgIpc) is 3.00. The number of nitrogens with zero attached hydrogens (tertiary/aromatic N) is 4. The Morgan fingerprint density at radius 2 is 1.74 bits per heavy atom. The lowest BCUT2D eigenvalue weighted by Gasteiger charge is -2.58. The topological polar surface area (TPSA) is 74.9 Å². The van der Waals surface area contributed by atoms with E-state index in [0.717, 1.165) is 39.3 Å². The standard InChI is InChI=1S/C35H45N5O2/c1-25(2)30-6-4-5-7-31(30)32-24-38(23-26-8-13-33(42-3)37-22-26)18-19-40(32)29-20-35(21-29)14-16-39(17-15-35)28-11-9-27(10-12-28)34(36)41/h4-13,22,25,29,32H,14-21,23-24H2,1-3H3,(H2,36,41)/t32-/m0/s1. The molecule has 2 saturated heterocycles. The van der Waals surface area contributed by atoms with Crippen LogP contribution in [0.3, 0.4) is 0 Å². The highest BCUT2D eigenvalue weighted by molar-refractivity contribution is 5.93. The van der Waals surface area contributed by atoms with Crippen molar-refractivity contribution in [2.24, 2.45) is 11.1 Å². The number of rotatable bonds is 8. The van der Waals surface area contributed by atoms with Crippen molar-refractivity contribution in [2.45, 2.75) is 64.1 Å². The number of anilines is 1. The van der Waals surface area contributed by atoms with Crippen molar-refractivity contribution in [3.8, 4) is 5.88 Å². The molecule has 0 radical (unpaired) electrons. The van der Waals surface area contributed by atoms with Gasteiger partial charge in [-0.15, -0.1) is 0 Å². The van der Waals surface area contributed by atoms with Crippen LogP contribution in [0.25, 0.3) is 0 Å². The SMILES string of the molecule is COc1ccc(CN2CCN(C3CC4(CCN(c5ccc(C(N)=O)cc5)CC4)C3)[C@H](c3ccccc3C(C)C)C2)cn1. The Labute approximate surface area is 250 Å². The Morgan fingerprint density at radius 1 is 1.00 bits per heavy atom. The van der Waals surface area contributed by atoms with Gasteiger partial charge in [0.2, 0.25) is 11.8 Å². The molecule has 0 unspecified atom stereocenters. The lowest BCUT2D eigenvalue weighted by atomic mass is 9.59. The maximum Gasteiger partial charge on any atom is 0.248 e. The molecular formula is C35H45N5O2. The molecule has 3 aromatic rings. The fourth-order valence-electron chi connectivity index (χ4n) is 7.59. The zero-order valence-corrected chi connectivity index (χ0v) is 25.3. The van der Waals surface area contributed by atoms with E-state index in [1.165, 1.54) is 48.1 Å². The average molecular weight is 568 g/mol. The number of piperazine rings is 1. The monoisotopic (exact) mass is 567 g/mol. The summed E-state index contributed by atoms with van der Waals surface area (Å²) in [6.45, 7) is 10.9. The summed E-state index contributed by atoms with van der Waals surface area (Å²) < 4.78 is 5.27. The maximum atomic E-state index is 11.5. The van der Waals surface area contributed by atoms with Gasteiger partial charge in [0.15, 0.2) is 0 Å². The van der Waals surface area contributed by atoms with Crippen molar-refractivity contribution >= 4 is 11.6 Å². The van der Waals surface area contributed by atoms with Crippen molar-refractivity contribution < 1.29 is 9.53 Å². The number of ether oxygens (including phenoxy) is 1. The van der Waals surface area contributed by atoms with Crippen molar-refractivity contribution in [1.29, 1.82) is 0 Å². The molecule has 3 fully saturated rings. The van der Waals surface area contributed by atoms with E-state index in [1.54, 1.807) is 7.11 Å². The van der Waals surface area contributed by atoms with Gasteiger partial charge in [0.25, 0.3) is 0 Å². The Bertz CT molecular complexity index is 1360. The smallest absolute Gasteiger partial charge is 0.248 e. The molecule has 2 N–H and O–H groups in total. The highest BCUT2D eigenvalue weighted by Crippen LogP contribution is 2.53. The molecule has 3 aliphatic rings. The van der Waals surface area contributed by atoms with Crippen LogP contribution in [0.2, 0.25) is 0 Å². The fourth-order valence-corrected chi connectivity index (χ4v) is 7.59. The van der Waals surface area contributed by atoms with E-state index in [4.69, 9.17) is 10.5 Å². The van der Waals surface area contributed by atoms with Crippen LogP contribution >= 0.6 is 0 Å². The highest BCUT2D eigenvalue weighted by atomic mass is 16.5. The number of nitrogens with two attached hydrogens (primary N) is 1. The van der Waals surface area contributed by atoms with E-state index >= 15 is 0 Å². The molecule has 42 heavy (non-hydrogen) atoms. The number of pyridine rings is 1. The number of aromatic nitrogens is 1. The van der Waals surface area contributed by atoms with Crippen LogP contribution < -0.4 is 15.4 Å². The van der Waals surface area contributed by atoms with Gasteiger partial charge in [-0.25, -0.2) is 4.98 Å². The summed E-state index contributed by atoms with van der Waals surface area (Å²) in [5.74, 6) is 0.795. The summed E-state index contributed by atoms with van der Waals surface area (Å²) in [7, 11) is 1.66. The van der Waals surface area contributed by atoms with E-state index in [9.17, 15) is 4.79 Å². The van der Waals surface area contributed by atoms with Gasteiger partial charge in [-0.05, 0) is 78.0 Å². The molecule has 0 bridgehead atoms. The van der Waals surface area contributed by atoms with Gasteiger partial charge >= 0.3 is 0 Å². The number of amides is 1. The number of benzene rings is 2. The molecule has 1 amide bonds. The van der Waals surface area contributed by atoms with Crippen molar-refractivity contribution in [1.82, 2.24) is 14.8 Å². The van der Waals surface area contributed by atoms with Gasteiger partial charge in [0, 0.05) is 74.9 Å².